The van der Waals surface area contributed by atoms with Gasteiger partial charge in [0.15, 0.2) is 11.2 Å². The molecular formula is C10H11N3O. The Balaban J connectivity index is 2.20. The van der Waals surface area contributed by atoms with Gasteiger partial charge >= 0.3 is 0 Å². The Hall–Kier alpha value is -1.42. The van der Waals surface area contributed by atoms with Crippen LogP contribution in [0.3, 0.4) is 0 Å². The van der Waals surface area contributed by atoms with Crippen LogP contribution in [0.25, 0.3) is 11.2 Å². The highest BCUT2D eigenvalue weighted by molar-refractivity contribution is 5.68. The Morgan fingerprint density at radius 2 is 2.14 bits per heavy atom. The molecule has 0 aromatic carbocycles. The molecule has 2 aromatic heterocycles. The fraction of sp³-hybridized carbons (Fsp3) is 0.400. The van der Waals surface area contributed by atoms with E-state index in [1.807, 2.05) is 19.1 Å². The summed E-state index contributed by atoms with van der Waals surface area (Å²) in [5.41, 5.74) is 8.01. The lowest BCUT2D eigenvalue weighted by Crippen LogP contribution is -2.18. The topological polar surface area (TPSA) is 64.9 Å². The van der Waals surface area contributed by atoms with Crippen LogP contribution in [-0.4, -0.2) is 9.97 Å². The van der Waals surface area contributed by atoms with Gasteiger partial charge in [-0.1, -0.05) is 0 Å². The molecule has 0 bridgehead atoms. The van der Waals surface area contributed by atoms with E-state index in [0.29, 0.717) is 11.5 Å². The number of hydrogen-bond donors (Lipinski definition) is 1. The van der Waals surface area contributed by atoms with Gasteiger partial charge < -0.3 is 10.2 Å². The summed E-state index contributed by atoms with van der Waals surface area (Å²) in [7, 11) is 0. The molecule has 2 N–H and O–H groups in total. The molecule has 0 aliphatic heterocycles. The van der Waals surface area contributed by atoms with E-state index in [0.717, 1.165) is 24.1 Å². The Morgan fingerprint density at radius 3 is 2.86 bits per heavy atom. The van der Waals surface area contributed by atoms with Crippen molar-refractivity contribution in [3.63, 3.8) is 0 Å². The molecule has 72 valence electrons. The predicted molar refractivity (Wildman–Crippen MR) is 51.6 cm³/mol. The van der Waals surface area contributed by atoms with Crippen molar-refractivity contribution in [2.45, 2.75) is 25.3 Å². The number of aromatic nitrogens is 2. The zero-order chi connectivity index (χ0) is 9.76. The zero-order valence-electron chi connectivity index (χ0n) is 7.95. The van der Waals surface area contributed by atoms with Crippen LogP contribution in [0.4, 0.5) is 0 Å². The highest BCUT2D eigenvalue weighted by atomic mass is 16.4. The van der Waals surface area contributed by atoms with Crippen molar-refractivity contribution < 1.29 is 4.42 Å². The van der Waals surface area contributed by atoms with Gasteiger partial charge in [0.2, 0.25) is 5.89 Å². The Labute approximate surface area is 81.1 Å². The van der Waals surface area contributed by atoms with E-state index in [-0.39, 0.29) is 5.54 Å². The van der Waals surface area contributed by atoms with Gasteiger partial charge in [-0.25, -0.2) is 4.98 Å². The molecule has 2 aromatic rings. The first-order chi connectivity index (χ1) is 6.67. The van der Waals surface area contributed by atoms with Crippen molar-refractivity contribution in [2.24, 2.45) is 5.73 Å². The second-order valence-electron chi connectivity index (χ2n) is 3.95. The van der Waals surface area contributed by atoms with Gasteiger partial charge in [0, 0.05) is 5.69 Å². The zero-order valence-corrected chi connectivity index (χ0v) is 7.95. The Morgan fingerprint density at radius 1 is 1.36 bits per heavy atom. The SMILES string of the molecule is Cc1ccc2oc(C3(N)CC3)nc2n1. The van der Waals surface area contributed by atoms with E-state index in [1.54, 1.807) is 0 Å². The lowest BCUT2D eigenvalue weighted by atomic mass is 10.3. The van der Waals surface area contributed by atoms with Gasteiger partial charge in [0.25, 0.3) is 0 Å². The van der Waals surface area contributed by atoms with Gasteiger partial charge in [-0.2, -0.15) is 4.98 Å². The van der Waals surface area contributed by atoms with E-state index in [9.17, 15) is 0 Å². The van der Waals surface area contributed by atoms with Crippen LogP contribution in [0.2, 0.25) is 0 Å². The fourth-order valence-electron chi connectivity index (χ4n) is 1.47. The standard InChI is InChI=1S/C10H11N3O/c1-6-2-3-7-8(12-6)13-9(14-7)10(11)4-5-10/h2-3H,4-5,11H2,1H3. The average molecular weight is 189 g/mol. The normalized spacial score (nSPS) is 18.7. The number of hydrogen-bond acceptors (Lipinski definition) is 4. The molecule has 1 saturated carbocycles. The first-order valence-corrected chi connectivity index (χ1v) is 4.71. The number of oxazole rings is 1. The molecule has 0 saturated heterocycles. The van der Waals surface area contributed by atoms with Crippen molar-refractivity contribution in [2.75, 3.05) is 0 Å². The molecule has 0 unspecified atom stereocenters. The van der Waals surface area contributed by atoms with E-state index < -0.39 is 0 Å². The molecule has 0 amide bonds. The van der Waals surface area contributed by atoms with Crippen LogP contribution in [0.15, 0.2) is 16.5 Å². The number of pyridine rings is 1. The molecule has 1 aliphatic carbocycles. The Bertz CT molecular complexity index is 499. The monoisotopic (exact) mass is 189 g/mol. The summed E-state index contributed by atoms with van der Waals surface area (Å²) in [4.78, 5) is 8.58. The summed E-state index contributed by atoms with van der Waals surface area (Å²) >= 11 is 0. The van der Waals surface area contributed by atoms with Crippen LogP contribution in [-0.2, 0) is 5.54 Å². The third kappa shape index (κ3) is 1.04. The first-order valence-electron chi connectivity index (χ1n) is 4.71. The van der Waals surface area contributed by atoms with Crippen molar-refractivity contribution in [3.05, 3.63) is 23.7 Å². The lowest BCUT2D eigenvalue weighted by Gasteiger charge is -1.98. The maximum Gasteiger partial charge on any atom is 0.217 e. The highest BCUT2D eigenvalue weighted by Crippen LogP contribution is 2.42. The maximum atomic E-state index is 5.99. The highest BCUT2D eigenvalue weighted by Gasteiger charge is 2.45. The predicted octanol–water partition coefficient (Wildman–Crippen LogP) is 1.48. The van der Waals surface area contributed by atoms with Gasteiger partial charge in [-0.15, -0.1) is 0 Å². The van der Waals surface area contributed by atoms with Crippen molar-refractivity contribution in [1.29, 1.82) is 0 Å². The molecule has 0 radical (unpaired) electrons. The molecule has 14 heavy (non-hydrogen) atoms. The van der Waals surface area contributed by atoms with Gasteiger partial charge in [0.1, 0.15) is 0 Å². The second-order valence-corrected chi connectivity index (χ2v) is 3.95. The summed E-state index contributed by atoms with van der Waals surface area (Å²) in [6, 6.07) is 3.80. The molecule has 0 atom stereocenters. The van der Waals surface area contributed by atoms with E-state index in [4.69, 9.17) is 10.2 Å². The van der Waals surface area contributed by atoms with Gasteiger partial charge in [-0.3, -0.25) is 0 Å². The van der Waals surface area contributed by atoms with E-state index >= 15 is 0 Å². The van der Waals surface area contributed by atoms with Crippen molar-refractivity contribution in [3.8, 4) is 0 Å². The van der Waals surface area contributed by atoms with E-state index in [1.165, 1.54) is 0 Å². The van der Waals surface area contributed by atoms with Crippen LogP contribution in [0.1, 0.15) is 24.4 Å². The molecule has 4 nitrogen and oxygen atoms in total. The Kier molecular flexibility index (Phi) is 1.32. The quantitative estimate of drug-likeness (QED) is 0.737. The lowest BCUT2D eigenvalue weighted by molar-refractivity contribution is 0.465. The number of aryl methyl sites for hydroxylation is 1. The third-order valence-electron chi connectivity index (χ3n) is 2.61. The molecule has 1 aliphatic rings. The summed E-state index contributed by atoms with van der Waals surface area (Å²) in [5, 5.41) is 0. The van der Waals surface area contributed by atoms with Crippen LogP contribution >= 0.6 is 0 Å². The number of fused-ring (bicyclic) bond motifs is 1. The molecular weight excluding hydrogens is 178 g/mol. The fourth-order valence-corrected chi connectivity index (χ4v) is 1.47. The molecule has 2 heterocycles. The van der Waals surface area contributed by atoms with Crippen molar-refractivity contribution in [1.82, 2.24) is 9.97 Å². The van der Waals surface area contributed by atoms with Gasteiger partial charge in [0.05, 0.1) is 5.54 Å². The number of rotatable bonds is 1. The van der Waals surface area contributed by atoms with E-state index in [2.05, 4.69) is 9.97 Å². The molecule has 4 heteroatoms. The van der Waals surface area contributed by atoms with Gasteiger partial charge in [-0.05, 0) is 31.9 Å². The average Bonchev–Trinajstić information content (AvgIpc) is 2.77. The number of nitrogens with two attached hydrogens (primary N) is 1. The second kappa shape index (κ2) is 2.33. The third-order valence-corrected chi connectivity index (χ3v) is 2.61. The molecule has 0 spiro atoms. The number of nitrogens with zero attached hydrogens (tertiary/aromatic N) is 2. The summed E-state index contributed by atoms with van der Waals surface area (Å²) in [5.74, 6) is 0.630. The van der Waals surface area contributed by atoms with Crippen molar-refractivity contribution >= 4 is 11.2 Å². The minimum atomic E-state index is -0.311. The maximum absolute atomic E-state index is 5.99. The summed E-state index contributed by atoms with van der Waals surface area (Å²) in [6.45, 7) is 1.93. The molecule has 3 rings (SSSR count). The minimum Gasteiger partial charge on any atom is -0.437 e. The minimum absolute atomic E-state index is 0.311. The summed E-state index contributed by atoms with van der Waals surface area (Å²) < 4.78 is 5.55. The van der Waals surface area contributed by atoms with Crippen LogP contribution < -0.4 is 5.73 Å². The van der Waals surface area contributed by atoms with Crippen LogP contribution in [0.5, 0.6) is 0 Å². The van der Waals surface area contributed by atoms with Crippen LogP contribution in [0, 0.1) is 6.92 Å². The summed E-state index contributed by atoms with van der Waals surface area (Å²) in [6.07, 6.45) is 1.91. The smallest absolute Gasteiger partial charge is 0.217 e. The largest absolute Gasteiger partial charge is 0.437 e. The first kappa shape index (κ1) is 7.94. The molecule has 1 fully saturated rings.